The van der Waals surface area contributed by atoms with Gasteiger partial charge in [-0.3, -0.25) is 4.79 Å². The number of hydrogen-bond donors (Lipinski definition) is 4. The number of carboxylic acids is 1. The predicted molar refractivity (Wildman–Crippen MR) is 78.4 cm³/mol. The van der Waals surface area contributed by atoms with Gasteiger partial charge in [0.25, 0.3) is 0 Å². The van der Waals surface area contributed by atoms with E-state index in [0.717, 1.165) is 6.08 Å². The fraction of sp³-hybridized carbons (Fsp3) is 0.643. The molecule has 0 aromatic carbocycles. The average molecular weight is 330 g/mol. The lowest BCUT2D eigenvalue weighted by Gasteiger charge is -2.36. The molecule has 0 bridgehead atoms. The lowest BCUT2D eigenvalue weighted by Crippen LogP contribution is -2.60. The third kappa shape index (κ3) is 5.78. The zero-order valence-corrected chi connectivity index (χ0v) is 13.5. The van der Waals surface area contributed by atoms with Crippen LogP contribution in [0.1, 0.15) is 27.7 Å². The number of hydrogen-bond acceptors (Lipinski definition) is 6. The molecule has 3 atom stereocenters. The van der Waals surface area contributed by atoms with Crippen LogP contribution < -0.4 is 10.6 Å². The fourth-order valence-corrected chi connectivity index (χ4v) is 2.04. The molecule has 2 amide bonds. The van der Waals surface area contributed by atoms with Crippen molar-refractivity contribution in [2.24, 2.45) is 0 Å². The van der Waals surface area contributed by atoms with Crippen molar-refractivity contribution >= 4 is 18.0 Å². The molecule has 23 heavy (non-hydrogen) atoms. The summed E-state index contributed by atoms with van der Waals surface area (Å²) in [6.45, 7) is 5.75. The van der Waals surface area contributed by atoms with E-state index in [1.54, 1.807) is 20.8 Å². The number of nitrogens with one attached hydrogen (secondary N) is 2. The number of aliphatic hydroxyl groups excluding tert-OH is 1. The summed E-state index contributed by atoms with van der Waals surface area (Å²) in [5.74, 6) is -2.19. The first-order chi connectivity index (χ1) is 10.5. The highest BCUT2D eigenvalue weighted by atomic mass is 16.6. The molecule has 0 saturated heterocycles. The Bertz CT molecular complexity index is 510. The third-order valence-corrected chi connectivity index (χ3v) is 2.84. The number of carbonyl (C=O) groups excluding carboxylic acids is 2. The van der Waals surface area contributed by atoms with Gasteiger partial charge in [-0.1, -0.05) is 0 Å². The number of aliphatic carboxylic acids is 1. The van der Waals surface area contributed by atoms with Crippen LogP contribution in [-0.4, -0.2) is 58.6 Å². The fourth-order valence-electron chi connectivity index (χ4n) is 2.04. The molecule has 9 heteroatoms. The average Bonchev–Trinajstić information content (AvgIpc) is 2.37. The van der Waals surface area contributed by atoms with Crippen molar-refractivity contribution in [1.82, 2.24) is 10.6 Å². The SMILES string of the molecule is CC(=O)N[C@@H]1[C@@H](NC(=O)OC(C)(C)C)C=C(C(=O)O)O[C@H]1CO. The van der Waals surface area contributed by atoms with Crippen LogP contribution in [-0.2, 0) is 19.1 Å². The van der Waals surface area contributed by atoms with Gasteiger partial charge >= 0.3 is 12.1 Å². The number of rotatable bonds is 4. The molecule has 0 spiro atoms. The van der Waals surface area contributed by atoms with Gasteiger partial charge < -0.3 is 30.3 Å². The maximum absolute atomic E-state index is 11.9. The summed E-state index contributed by atoms with van der Waals surface area (Å²) in [6.07, 6.45) is -0.647. The van der Waals surface area contributed by atoms with Crippen molar-refractivity contribution in [1.29, 1.82) is 0 Å². The molecule has 0 unspecified atom stereocenters. The summed E-state index contributed by atoms with van der Waals surface area (Å²) in [5.41, 5.74) is -0.742. The van der Waals surface area contributed by atoms with Gasteiger partial charge in [0.2, 0.25) is 11.7 Å². The van der Waals surface area contributed by atoms with Crippen LogP contribution in [0.4, 0.5) is 4.79 Å². The highest BCUT2D eigenvalue weighted by Gasteiger charge is 2.38. The third-order valence-electron chi connectivity index (χ3n) is 2.84. The van der Waals surface area contributed by atoms with E-state index in [2.05, 4.69) is 10.6 Å². The van der Waals surface area contributed by atoms with Gasteiger partial charge in [0.1, 0.15) is 11.7 Å². The minimum absolute atomic E-state index is 0.416. The lowest BCUT2D eigenvalue weighted by atomic mass is 9.98. The van der Waals surface area contributed by atoms with Crippen LogP contribution in [0.2, 0.25) is 0 Å². The Morgan fingerprint density at radius 1 is 1.30 bits per heavy atom. The smallest absolute Gasteiger partial charge is 0.408 e. The molecule has 0 saturated carbocycles. The summed E-state index contributed by atoms with van der Waals surface area (Å²) in [4.78, 5) is 34.3. The highest BCUT2D eigenvalue weighted by molar-refractivity contribution is 5.85. The number of amides is 2. The maximum Gasteiger partial charge on any atom is 0.408 e. The number of carbonyl (C=O) groups is 3. The first-order valence-corrected chi connectivity index (χ1v) is 7.02. The molecule has 0 fully saturated rings. The molecule has 1 aliphatic heterocycles. The molecule has 0 radical (unpaired) electrons. The van der Waals surface area contributed by atoms with Crippen molar-refractivity contribution in [3.05, 3.63) is 11.8 Å². The second-order valence-corrected chi connectivity index (χ2v) is 6.07. The van der Waals surface area contributed by atoms with Crippen molar-refractivity contribution in [2.75, 3.05) is 6.61 Å². The van der Waals surface area contributed by atoms with E-state index >= 15 is 0 Å². The Hall–Kier alpha value is -2.29. The standard InChI is InChI=1S/C14H22N2O7/c1-7(18)15-11-8(16-13(21)23-14(2,3)4)5-9(12(19)20)22-10(11)6-17/h5,8,10-11,17H,6H2,1-4H3,(H,15,18)(H,16,21)(H,19,20)/t8-,10-,11+/m0/s1. The lowest BCUT2D eigenvalue weighted by molar-refractivity contribution is -0.139. The van der Waals surface area contributed by atoms with Crippen molar-refractivity contribution in [3.8, 4) is 0 Å². The van der Waals surface area contributed by atoms with Gasteiger partial charge in [0.15, 0.2) is 0 Å². The molecule has 130 valence electrons. The van der Waals surface area contributed by atoms with E-state index in [4.69, 9.17) is 14.6 Å². The van der Waals surface area contributed by atoms with E-state index in [-0.39, 0.29) is 0 Å². The molecule has 0 aromatic rings. The van der Waals surface area contributed by atoms with E-state index in [1.165, 1.54) is 6.92 Å². The summed E-state index contributed by atoms with van der Waals surface area (Å²) in [6, 6.07) is -1.75. The monoisotopic (exact) mass is 330 g/mol. The molecular weight excluding hydrogens is 308 g/mol. The minimum Gasteiger partial charge on any atom is -0.479 e. The second-order valence-electron chi connectivity index (χ2n) is 6.07. The van der Waals surface area contributed by atoms with Gasteiger partial charge in [-0.15, -0.1) is 0 Å². The summed E-state index contributed by atoms with van der Waals surface area (Å²) >= 11 is 0. The topological polar surface area (TPSA) is 134 Å². The maximum atomic E-state index is 11.9. The second kappa shape index (κ2) is 7.32. The highest BCUT2D eigenvalue weighted by Crippen LogP contribution is 2.19. The Morgan fingerprint density at radius 3 is 2.35 bits per heavy atom. The van der Waals surface area contributed by atoms with E-state index in [1.807, 2.05) is 0 Å². The van der Waals surface area contributed by atoms with Gasteiger partial charge in [-0.05, 0) is 26.8 Å². The Morgan fingerprint density at radius 2 is 1.91 bits per heavy atom. The van der Waals surface area contributed by atoms with Crippen molar-refractivity contribution < 1.29 is 34.1 Å². The van der Waals surface area contributed by atoms with Crippen molar-refractivity contribution in [3.63, 3.8) is 0 Å². The molecular formula is C14H22N2O7. The predicted octanol–water partition coefficient (Wildman–Crippen LogP) is -0.256. The zero-order chi connectivity index (χ0) is 17.8. The number of alkyl carbamates (subject to hydrolysis) is 1. The minimum atomic E-state index is -1.35. The van der Waals surface area contributed by atoms with E-state index < -0.39 is 54.1 Å². The van der Waals surface area contributed by atoms with Gasteiger partial charge in [-0.2, -0.15) is 0 Å². The number of ether oxygens (including phenoxy) is 2. The summed E-state index contributed by atoms with van der Waals surface area (Å²) in [5, 5.41) is 23.4. The number of aliphatic hydroxyl groups is 1. The molecule has 9 nitrogen and oxygen atoms in total. The molecule has 0 aliphatic carbocycles. The summed E-state index contributed by atoms with van der Waals surface area (Å²) in [7, 11) is 0. The van der Waals surface area contributed by atoms with Crippen LogP contribution >= 0.6 is 0 Å². The molecule has 1 aliphatic rings. The first kappa shape index (κ1) is 18.8. The summed E-state index contributed by atoms with van der Waals surface area (Å²) < 4.78 is 10.2. The van der Waals surface area contributed by atoms with Crippen LogP contribution in [0.15, 0.2) is 11.8 Å². The number of carboxylic acid groups (broad SMARTS) is 1. The van der Waals surface area contributed by atoms with Crippen LogP contribution in [0.5, 0.6) is 0 Å². The van der Waals surface area contributed by atoms with Gasteiger partial charge in [0.05, 0.1) is 18.7 Å². The zero-order valence-electron chi connectivity index (χ0n) is 13.5. The normalized spacial score (nSPS) is 24.0. The Kier molecular flexibility index (Phi) is 5.97. The molecule has 1 heterocycles. The van der Waals surface area contributed by atoms with Gasteiger partial charge in [-0.25, -0.2) is 9.59 Å². The quantitative estimate of drug-likeness (QED) is 0.558. The van der Waals surface area contributed by atoms with Crippen LogP contribution in [0, 0.1) is 0 Å². The molecule has 4 N–H and O–H groups in total. The van der Waals surface area contributed by atoms with E-state index in [0.29, 0.717) is 0 Å². The van der Waals surface area contributed by atoms with Crippen LogP contribution in [0.25, 0.3) is 0 Å². The van der Waals surface area contributed by atoms with Crippen molar-refractivity contribution in [2.45, 2.75) is 51.5 Å². The Balaban J connectivity index is 3.02. The van der Waals surface area contributed by atoms with Crippen LogP contribution in [0.3, 0.4) is 0 Å². The molecule has 0 aromatic heterocycles. The molecule has 1 rings (SSSR count). The first-order valence-electron chi connectivity index (χ1n) is 7.02. The van der Waals surface area contributed by atoms with Gasteiger partial charge in [0, 0.05) is 6.92 Å². The Labute approximate surface area is 133 Å². The van der Waals surface area contributed by atoms with E-state index in [9.17, 15) is 19.5 Å². The largest absolute Gasteiger partial charge is 0.479 e.